The van der Waals surface area contributed by atoms with E-state index in [4.69, 9.17) is 0 Å². The fourth-order valence-corrected chi connectivity index (χ4v) is 2.40. The number of carbonyl (C=O) groups is 2. The van der Waals surface area contributed by atoms with Gasteiger partial charge >= 0.3 is 6.03 Å². The molecule has 1 aliphatic rings. The molecule has 22 heavy (non-hydrogen) atoms. The summed E-state index contributed by atoms with van der Waals surface area (Å²) in [6.45, 7) is 0. The first-order chi connectivity index (χ1) is 10.7. The Labute approximate surface area is 127 Å². The van der Waals surface area contributed by atoms with Crippen LogP contribution in [0, 0.1) is 0 Å². The predicted octanol–water partition coefficient (Wildman–Crippen LogP) is 0.730. The van der Waals surface area contributed by atoms with Gasteiger partial charge in [0.2, 0.25) is 0 Å². The normalized spacial score (nSPS) is 17.4. The lowest BCUT2D eigenvalue weighted by molar-refractivity contribution is -0.120. The molecule has 7 nitrogen and oxygen atoms in total. The topological polar surface area (TPSA) is 99.8 Å². The molecule has 1 aromatic carbocycles. The average molecular weight is 299 g/mol. The Hall–Kier alpha value is -2.70. The van der Waals surface area contributed by atoms with Gasteiger partial charge in [0.25, 0.3) is 5.91 Å². The van der Waals surface area contributed by atoms with Crippen molar-refractivity contribution in [2.45, 2.75) is 31.7 Å². The molecule has 1 atom stereocenters. The molecule has 1 fully saturated rings. The summed E-state index contributed by atoms with van der Waals surface area (Å²) < 4.78 is 0. The summed E-state index contributed by atoms with van der Waals surface area (Å²) >= 11 is 0. The third kappa shape index (κ3) is 3.49. The van der Waals surface area contributed by atoms with Crippen molar-refractivity contribution in [1.29, 1.82) is 0 Å². The van der Waals surface area contributed by atoms with Gasteiger partial charge in [0, 0.05) is 12.8 Å². The first-order valence-electron chi connectivity index (χ1n) is 7.26. The maximum absolute atomic E-state index is 11.4. The number of aromatic nitrogens is 3. The van der Waals surface area contributed by atoms with Gasteiger partial charge in [-0.1, -0.05) is 30.3 Å². The monoisotopic (exact) mass is 299 g/mol. The largest absolute Gasteiger partial charge is 0.326 e. The first kappa shape index (κ1) is 14.2. The lowest BCUT2D eigenvalue weighted by Crippen LogP contribution is -2.29. The first-order valence-corrected chi connectivity index (χ1v) is 7.26. The molecule has 1 aromatic heterocycles. The quantitative estimate of drug-likeness (QED) is 0.685. The molecule has 0 spiro atoms. The highest BCUT2D eigenvalue weighted by Crippen LogP contribution is 2.07. The minimum Gasteiger partial charge on any atom is -0.326 e. The van der Waals surface area contributed by atoms with E-state index < -0.39 is 12.1 Å². The van der Waals surface area contributed by atoms with Gasteiger partial charge in [-0.15, -0.1) is 0 Å². The number of aromatic amines is 1. The van der Waals surface area contributed by atoms with Gasteiger partial charge in [0.05, 0.1) is 0 Å². The molecule has 0 saturated carbocycles. The van der Waals surface area contributed by atoms with Crippen molar-refractivity contribution in [2.75, 3.05) is 0 Å². The second-order valence-corrected chi connectivity index (χ2v) is 5.24. The van der Waals surface area contributed by atoms with Crippen molar-refractivity contribution in [3.63, 3.8) is 0 Å². The molecule has 3 N–H and O–H groups in total. The zero-order valence-electron chi connectivity index (χ0n) is 12.0. The molecular weight excluding hydrogens is 282 g/mol. The van der Waals surface area contributed by atoms with Gasteiger partial charge in [-0.3, -0.25) is 15.2 Å². The summed E-state index contributed by atoms with van der Waals surface area (Å²) in [5, 5.41) is 11.9. The van der Waals surface area contributed by atoms with E-state index in [1.807, 2.05) is 18.2 Å². The summed E-state index contributed by atoms with van der Waals surface area (Å²) in [6, 6.07) is 9.26. The van der Waals surface area contributed by atoms with Crippen molar-refractivity contribution in [3.8, 4) is 0 Å². The van der Waals surface area contributed by atoms with Gasteiger partial charge in [-0.25, -0.2) is 9.78 Å². The molecular formula is C15H17N5O2. The number of urea groups is 1. The highest BCUT2D eigenvalue weighted by molar-refractivity contribution is 6.04. The standard InChI is InChI=1S/C15H17N5O2/c21-14-11(16-15(22)18-14)7-9-13-17-12(19-20-13)8-6-10-4-2-1-3-5-10/h1-5,11H,6-9H2,(H,17,19,20)(H2,16,18,21,22). The summed E-state index contributed by atoms with van der Waals surface area (Å²) in [6.07, 6.45) is 2.72. The Morgan fingerprint density at radius 1 is 1.05 bits per heavy atom. The lowest BCUT2D eigenvalue weighted by atomic mass is 10.1. The number of benzene rings is 1. The van der Waals surface area contributed by atoms with E-state index >= 15 is 0 Å². The Bertz CT molecular complexity index is 668. The molecule has 2 aromatic rings. The molecule has 0 bridgehead atoms. The predicted molar refractivity (Wildman–Crippen MR) is 79.0 cm³/mol. The van der Waals surface area contributed by atoms with E-state index in [1.54, 1.807) is 0 Å². The number of hydrogen-bond donors (Lipinski definition) is 3. The zero-order chi connectivity index (χ0) is 15.4. The van der Waals surface area contributed by atoms with Crippen LogP contribution in [-0.2, 0) is 24.1 Å². The smallest absolute Gasteiger partial charge is 0.322 e. The number of rotatable bonds is 6. The van der Waals surface area contributed by atoms with Crippen LogP contribution in [0.3, 0.4) is 0 Å². The van der Waals surface area contributed by atoms with E-state index in [9.17, 15) is 9.59 Å². The molecule has 1 aliphatic heterocycles. The molecule has 7 heteroatoms. The van der Waals surface area contributed by atoms with Crippen LogP contribution in [-0.4, -0.2) is 33.2 Å². The van der Waals surface area contributed by atoms with Crippen LogP contribution >= 0.6 is 0 Å². The SMILES string of the molecule is O=C1NC(=O)C(CCc2nc(CCc3ccccc3)n[nH]2)N1. The van der Waals surface area contributed by atoms with Crippen molar-refractivity contribution < 1.29 is 9.59 Å². The maximum Gasteiger partial charge on any atom is 0.322 e. The van der Waals surface area contributed by atoms with E-state index in [1.165, 1.54) is 5.56 Å². The molecule has 1 saturated heterocycles. The van der Waals surface area contributed by atoms with Crippen molar-refractivity contribution in [3.05, 3.63) is 47.5 Å². The molecule has 3 rings (SSSR count). The summed E-state index contributed by atoms with van der Waals surface area (Å²) in [5.74, 6) is 1.21. The Kier molecular flexibility index (Phi) is 4.13. The number of hydrogen-bond acceptors (Lipinski definition) is 4. The highest BCUT2D eigenvalue weighted by atomic mass is 16.2. The fourth-order valence-electron chi connectivity index (χ4n) is 2.40. The third-order valence-corrected chi connectivity index (χ3v) is 3.59. The van der Waals surface area contributed by atoms with Crippen LogP contribution in [0.2, 0.25) is 0 Å². The van der Waals surface area contributed by atoms with Crippen LogP contribution in [0.1, 0.15) is 23.6 Å². The Morgan fingerprint density at radius 3 is 2.59 bits per heavy atom. The number of aryl methyl sites for hydroxylation is 3. The number of amides is 3. The van der Waals surface area contributed by atoms with Crippen molar-refractivity contribution in [1.82, 2.24) is 25.8 Å². The minimum absolute atomic E-state index is 0.284. The third-order valence-electron chi connectivity index (χ3n) is 3.59. The van der Waals surface area contributed by atoms with E-state index in [-0.39, 0.29) is 5.91 Å². The molecule has 114 valence electrons. The molecule has 0 aliphatic carbocycles. The van der Waals surface area contributed by atoms with E-state index in [0.717, 1.165) is 24.5 Å². The number of nitrogens with one attached hydrogen (secondary N) is 3. The Morgan fingerprint density at radius 2 is 1.86 bits per heavy atom. The summed E-state index contributed by atoms with van der Waals surface area (Å²) in [5.41, 5.74) is 1.25. The molecule has 0 radical (unpaired) electrons. The van der Waals surface area contributed by atoms with Crippen molar-refractivity contribution >= 4 is 11.9 Å². The van der Waals surface area contributed by atoms with Crippen LogP contribution in [0.15, 0.2) is 30.3 Å². The number of H-pyrrole nitrogens is 1. The van der Waals surface area contributed by atoms with Crippen LogP contribution in [0.5, 0.6) is 0 Å². The number of nitrogens with zero attached hydrogens (tertiary/aromatic N) is 2. The van der Waals surface area contributed by atoms with Gasteiger partial charge in [0.15, 0.2) is 5.82 Å². The van der Waals surface area contributed by atoms with E-state index in [0.29, 0.717) is 12.8 Å². The summed E-state index contributed by atoms with van der Waals surface area (Å²) in [7, 11) is 0. The van der Waals surface area contributed by atoms with Crippen LogP contribution < -0.4 is 10.6 Å². The molecule has 2 heterocycles. The lowest BCUT2D eigenvalue weighted by Gasteiger charge is -2.04. The van der Waals surface area contributed by atoms with Gasteiger partial charge in [-0.05, 0) is 18.4 Å². The maximum atomic E-state index is 11.4. The number of imide groups is 1. The van der Waals surface area contributed by atoms with Gasteiger partial charge in [0.1, 0.15) is 11.9 Å². The summed E-state index contributed by atoms with van der Waals surface area (Å²) in [4.78, 5) is 26.9. The van der Waals surface area contributed by atoms with Crippen LogP contribution in [0.4, 0.5) is 4.79 Å². The second kappa shape index (κ2) is 6.38. The average Bonchev–Trinajstić information content (AvgIpc) is 3.10. The van der Waals surface area contributed by atoms with Crippen LogP contribution in [0.25, 0.3) is 0 Å². The minimum atomic E-state index is -0.481. The fraction of sp³-hybridized carbons (Fsp3) is 0.333. The molecule has 3 amide bonds. The van der Waals surface area contributed by atoms with Crippen molar-refractivity contribution in [2.24, 2.45) is 0 Å². The Balaban J connectivity index is 1.49. The van der Waals surface area contributed by atoms with Gasteiger partial charge < -0.3 is 5.32 Å². The van der Waals surface area contributed by atoms with E-state index in [2.05, 4.69) is 37.9 Å². The zero-order valence-corrected chi connectivity index (χ0v) is 12.0. The van der Waals surface area contributed by atoms with Gasteiger partial charge in [-0.2, -0.15) is 5.10 Å². The highest BCUT2D eigenvalue weighted by Gasteiger charge is 2.29. The number of carbonyl (C=O) groups excluding carboxylic acids is 2. The molecule has 1 unspecified atom stereocenters. The second-order valence-electron chi connectivity index (χ2n) is 5.24.